The molecule has 0 radical (unpaired) electrons. The molecule has 4 heteroatoms. The Balaban J connectivity index is 2.51. The van der Waals surface area contributed by atoms with Crippen LogP contribution in [0.4, 0.5) is 0 Å². The molecule has 2 aromatic carbocycles. The maximum absolute atomic E-state index is 3.65. The second kappa shape index (κ2) is 7.02. The number of nitrogens with one attached hydrogen (secondary N) is 1. The molecule has 0 saturated carbocycles. The predicted octanol–water partition coefficient (Wildman–Crippen LogP) is 5.67. The second-order valence-electron chi connectivity index (χ2n) is 4.18. The molecule has 1 unspecified atom stereocenters. The zero-order chi connectivity index (χ0) is 13.8. The molecule has 2 aromatic rings. The molecule has 0 aliphatic rings. The maximum Gasteiger partial charge on any atom is 0.0599 e. The van der Waals surface area contributed by atoms with Crippen molar-refractivity contribution < 1.29 is 0 Å². The van der Waals surface area contributed by atoms with Gasteiger partial charge in [0.1, 0.15) is 0 Å². The van der Waals surface area contributed by atoms with Crippen LogP contribution in [0, 0.1) is 0 Å². The highest BCUT2D eigenvalue weighted by atomic mass is 79.9. The quantitative estimate of drug-likeness (QED) is 0.636. The summed E-state index contributed by atoms with van der Waals surface area (Å²) in [4.78, 5) is 0. The van der Waals surface area contributed by atoms with Gasteiger partial charge in [-0.3, -0.25) is 0 Å². The molecule has 2 rings (SSSR count). The Hall–Kier alpha value is -0.160. The first kappa shape index (κ1) is 15.2. The highest BCUT2D eigenvalue weighted by Crippen LogP contribution is 2.34. The van der Waals surface area contributed by atoms with Gasteiger partial charge in [-0.2, -0.15) is 0 Å². The first-order valence-corrected chi connectivity index (χ1v) is 8.44. The van der Waals surface area contributed by atoms with Gasteiger partial charge in [0.25, 0.3) is 0 Å². The number of hydrogen-bond donors (Lipinski definition) is 1. The van der Waals surface area contributed by atoms with Crippen LogP contribution in [0.5, 0.6) is 0 Å². The molecule has 0 amide bonds. The molecule has 0 saturated heterocycles. The standard InChI is InChI=1S/C15H14Br3N/c1-2-19-15(11-5-3-4-6-13(11)17)12-9-10(16)7-8-14(12)18/h3-9,15,19H,2H2,1H3. The van der Waals surface area contributed by atoms with Crippen LogP contribution in [0.3, 0.4) is 0 Å². The van der Waals surface area contributed by atoms with Crippen molar-refractivity contribution >= 4 is 47.8 Å². The van der Waals surface area contributed by atoms with E-state index in [4.69, 9.17) is 0 Å². The van der Waals surface area contributed by atoms with Crippen molar-refractivity contribution in [2.45, 2.75) is 13.0 Å². The second-order valence-corrected chi connectivity index (χ2v) is 6.80. The Morgan fingerprint density at radius 3 is 2.32 bits per heavy atom. The van der Waals surface area contributed by atoms with Crippen LogP contribution >= 0.6 is 47.8 Å². The van der Waals surface area contributed by atoms with E-state index in [9.17, 15) is 0 Å². The molecule has 1 N–H and O–H groups in total. The first-order chi connectivity index (χ1) is 9.13. The molecule has 100 valence electrons. The summed E-state index contributed by atoms with van der Waals surface area (Å²) in [7, 11) is 0. The van der Waals surface area contributed by atoms with Crippen LogP contribution in [-0.2, 0) is 0 Å². The van der Waals surface area contributed by atoms with Crippen molar-refractivity contribution in [3.63, 3.8) is 0 Å². The lowest BCUT2D eigenvalue weighted by molar-refractivity contribution is 0.626. The summed E-state index contributed by atoms with van der Waals surface area (Å²) < 4.78 is 3.31. The van der Waals surface area contributed by atoms with Gasteiger partial charge < -0.3 is 5.32 Å². The SMILES string of the molecule is CCNC(c1ccccc1Br)c1cc(Br)ccc1Br. The summed E-state index contributed by atoms with van der Waals surface area (Å²) in [6.07, 6.45) is 0. The molecule has 0 spiro atoms. The van der Waals surface area contributed by atoms with Gasteiger partial charge in [-0.1, -0.05) is 72.9 Å². The fraction of sp³-hybridized carbons (Fsp3) is 0.200. The van der Waals surface area contributed by atoms with Crippen molar-refractivity contribution in [1.29, 1.82) is 0 Å². The molecule has 0 heterocycles. The summed E-state index contributed by atoms with van der Waals surface area (Å²) in [5.41, 5.74) is 2.46. The average molecular weight is 448 g/mol. The smallest absolute Gasteiger partial charge is 0.0599 e. The van der Waals surface area contributed by atoms with Gasteiger partial charge in [0.2, 0.25) is 0 Å². The van der Waals surface area contributed by atoms with E-state index in [1.54, 1.807) is 0 Å². The number of benzene rings is 2. The Morgan fingerprint density at radius 1 is 0.947 bits per heavy atom. The lowest BCUT2D eigenvalue weighted by atomic mass is 9.99. The summed E-state index contributed by atoms with van der Waals surface area (Å²) >= 11 is 10.8. The van der Waals surface area contributed by atoms with Crippen LogP contribution in [0.25, 0.3) is 0 Å². The molecule has 0 aromatic heterocycles. The van der Waals surface area contributed by atoms with Crippen molar-refractivity contribution in [3.8, 4) is 0 Å². The Morgan fingerprint density at radius 2 is 1.63 bits per heavy atom. The van der Waals surface area contributed by atoms with E-state index in [1.165, 1.54) is 11.1 Å². The van der Waals surface area contributed by atoms with E-state index in [1.807, 2.05) is 12.1 Å². The van der Waals surface area contributed by atoms with E-state index in [2.05, 4.69) is 90.4 Å². The fourth-order valence-electron chi connectivity index (χ4n) is 2.04. The Bertz CT molecular complexity index is 569. The number of rotatable bonds is 4. The summed E-state index contributed by atoms with van der Waals surface area (Å²) in [6.45, 7) is 3.03. The fourth-order valence-corrected chi connectivity index (χ4v) is 3.40. The third-order valence-corrected chi connectivity index (χ3v) is 4.83. The highest BCUT2D eigenvalue weighted by Gasteiger charge is 2.18. The normalized spacial score (nSPS) is 12.4. The van der Waals surface area contributed by atoms with Gasteiger partial charge in [-0.05, 0) is 41.9 Å². The monoisotopic (exact) mass is 445 g/mol. The van der Waals surface area contributed by atoms with E-state index in [0.29, 0.717) is 0 Å². The van der Waals surface area contributed by atoms with Gasteiger partial charge in [0.05, 0.1) is 6.04 Å². The Kier molecular flexibility index (Phi) is 5.63. The van der Waals surface area contributed by atoms with Crippen LogP contribution in [-0.4, -0.2) is 6.54 Å². The number of halogens is 3. The van der Waals surface area contributed by atoms with Crippen LogP contribution in [0.1, 0.15) is 24.1 Å². The zero-order valence-electron chi connectivity index (χ0n) is 10.5. The van der Waals surface area contributed by atoms with Gasteiger partial charge in [0, 0.05) is 13.4 Å². The van der Waals surface area contributed by atoms with Crippen molar-refractivity contribution in [2.75, 3.05) is 6.54 Å². The predicted molar refractivity (Wildman–Crippen MR) is 91.5 cm³/mol. The van der Waals surface area contributed by atoms with Gasteiger partial charge in [-0.15, -0.1) is 0 Å². The molecule has 0 fully saturated rings. The average Bonchev–Trinajstić information content (AvgIpc) is 2.40. The van der Waals surface area contributed by atoms with Crippen molar-refractivity contribution in [2.24, 2.45) is 0 Å². The third-order valence-electron chi connectivity index (χ3n) is 2.89. The summed E-state index contributed by atoms with van der Waals surface area (Å²) in [5.74, 6) is 0. The minimum Gasteiger partial charge on any atom is -0.306 e. The van der Waals surface area contributed by atoms with E-state index < -0.39 is 0 Å². The van der Waals surface area contributed by atoms with Crippen molar-refractivity contribution in [1.82, 2.24) is 5.32 Å². The van der Waals surface area contributed by atoms with Crippen molar-refractivity contribution in [3.05, 3.63) is 67.0 Å². The van der Waals surface area contributed by atoms with E-state index in [0.717, 1.165) is 20.0 Å². The van der Waals surface area contributed by atoms with Gasteiger partial charge >= 0.3 is 0 Å². The van der Waals surface area contributed by atoms with Gasteiger partial charge in [-0.25, -0.2) is 0 Å². The minimum atomic E-state index is 0.160. The number of hydrogen-bond acceptors (Lipinski definition) is 1. The molecule has 0 aliphatic carbocycles. The van der Waals surface area contributed by atoms with E-state index >= 15 is 0 Å². The molecule has 0 bridgehead atoms. The van der Waals surface area contributed by atoms with Crippen LogP contribution in [0.15, 0.2) is 55.9 Å². The minimum absolute atomic E-state index is 0.160. The largest absolute Gasteiger partial charge is 0.306 e. The third kappa shape index (κ3) is 3.69. The lowest BCUT2D eigenvalue weighted by Gasteiger charge is -2.21. The lowest BCUT2D eigenvalue weighted by Crippen LogP contribution is -2.22. The molecular formula is C15H14Br3N. The summed E-state index contributed by atoms with van der Waals surface area (Å²) in [5, 5.41) is 3.54. The van der Waals surface area contributed by atoms with Gasteiger partial charge in [0.15, 0.2) is 0 Å². The molecule has 1 nitrogen and oxygen atoms in total. The zero-order valence-corrected chi connectivity index (χ0v) is 15.2. The molecular weight excluding hydrogens is 434 g/mol. The molecule has 0 aliphatic heterocycles. The van der Waals surface area contributed by atoms with Crippen LogP contribution in [0.2, 0.25) is 0 Å². The molecule has 19 heavy (non-hydrogen) atoms. The summed E-state index contributed by atoms with van der Waals surface area (Å²) in [6, 6.07) is 14.7. The maximum atomic E-state index is 3.65. The van der Waals surface area contributed by atoms with Crippen LogP contribution < -0.4 is 5.32 Å². The molecule has 1 atom stereocenters. The first-order valence-electron chi connectivity index (χ1n) is 6.06. The Labute approximate surface area is 139 Å². The topological polar surface area (TPSA) is 12.0 Å². The van der Waals surface area contributed by atoms with E-state index in [-0.39, 0.29) is 6.04 Å². The highest BCUT2D eigenvalue weighted by molar-refractivity contribution is 9.11.